The smallest absolute Gasteiger partial charge is 0.131 e. The molecule has 5 nitrogen and oxygen atoms in total. The Morgan fingerprint density at radius 3 is 2.19 bits per heavy atom. The van der Waals surface area contributed by atoms with Gasteiger partial charge in [-0.15, -0.1) is 0 Å². The number of likely N-dealkylation sites (tertiary alicyclic amines) is 2. The predicted molar refractivity (Wildman–Crippen MR) is 103 cm³/mol. The van der Waals surface area contributed by atoms with Crippen LogP contribution in [0.15, 0.2) is 18.2 Å². The third-order valence-electron chi connectivity index (χ3n) is 6.27. The lowest BCUT2D eigenvalue weighted by atomic mass is 9.78. The van der Waals surface area contributed by atoms with Gasteiger partial charge >= 0.3 is 0 Å². The summed E-state index contributed by atoms with van der Waals surface area (Å²) >= 11 is 0. The second-order valence-electron chi connectivity index (χ2n) is 8.05. The van der Waals surface area contributed by atoms with Crippen molar-refractivity contribution in [1.82, 2.24) is 9.80 Å². The summed E-state index contributed by atoms with van der Waals surface area (Å²) in [4.78, 5) is 4.62. The number of piperidine rings is 2. The molecule has 2 heterocycles. The van der Waals surface area contributed by atoms with Gasteiger partial charge in [0.15, 0.2) is 0 Å². The zero-order valence-electron chi connectivity index (χ0n) is 16.3. The Hall–Kier alpha value is -1.21. The average molecular weight is 381 g/mol. The molecule has 1 atom stereocenters. The minimum absolute atomic E-state index is 0.160. The third kappa shape index (κ3) is 5.64. The summed E-state index contributed by atoms with van der Waals surface area (Å²) in [6, 6.07) is 5.12. The maximum absolute atomic E-state index is 14.2. The first-order valence-corrected chi connectivity index (χ1v) is 10.1. The molecule has 0 radical (unpaired) electrons. The van der Waals surface area contributed by atoms with Crippen molar-refractivity contribution in [1.29, 1.82) is 0 Å². The minimum atomic E-state index is -0.622. The van der Waals surface area contributed by atoms with Crippen molar-refractivity contribution in [3.8, 4) is 5.75 Å². The molecule has 2 saturated heterocycles. The van der Waals surface area contributed by atoms with Crippen LogP contribution in [0.5, 0.6) is 5.75 Å². The van der Waals surface area contributed by atoms with E-state index in [-0.39, 0.29) is 12.4 Å². The van der Waals surface area contributed by atoms with Gasteiger partial charge < -0.3 is 19.8 Å². The molecular weight excluding hydrogens is 347 g/mol. The summed E-state index contributed by atoms with van der Waals surface area (Å²) in [6.45, 7) is 5.17. The molecule has 0 bridgehead atoms. The number of nitrogens with zero attached hydrogens (tertiary/aromatic N) is 2. The van der Waals surface area contributed by atoms with Gasteiger partial charge in [0.2, 0.25) is 0 Å². The number of benzene rings is 1. The second-order valence-corrected chi connectivity index (χ2v) is 8.05. The molecule has 0 spiro atoms. The van der Waals surface area contributed by atoms with E-state index < -0.39 is 6.10 Å². The van der Waals surface area contributed by atoms with Crippen molar-refractivity contribution in [3.63, 3.8) is 0 Å². The molecular formula is C21H33FN2O3. The number of β-amino-alcohol motifs (C(OH)–C–C–N with tert-alkyl or cyclic N) is 1. The molecule has 1 unspecified atom stereocenters. The number of halogens is 1. The van der Waals surface area contributed by atoms with Crippen molar-refractivity contribution < 1.29 is 19.3 Å². The molecule has 0 saturated carbocycles. The SMILES string of the molecule is COc1ccc(CN2CCC(C3CCN(CC(O)CO)CC3)CC2)c(F)c1. The molecule has 1 aromatic rings. The van der Waals surface area contributed by atoms with E-state index in [1.165, 1.54) is 31.7 Å². The van der Waals surface area contributed by atoms with E-state index in [9.17, 15) is 9.50 Å². The van der Waals surface area contributed by atoms with Crippen LogP contribution in [0.4, 0.5) is 4.39 Å². The number of hydrogen-bond acceptors (Lipinski definition) is 5. The fraction of sp³-hybridized carbons (Fsp3) is 0.714. The highest BCUT2D eigenvalue weighted by atomic mass is 19.1. The Morgan fingerprint density at radius 2 is 1.67 bits per heavy atom. The van der Waals surface area contributed by atoms with Crippen molar-refractivity contribution in [2.24, 2.45) is 11.8 Å². The molecule has 1 aromatic carbocycles. The molecule has 2 fully saturated rings. The lowest BCUT2D eigenvalue weighted by Crippen LogP contribution is -2.43. The lowest BCUT2D eigenvalue weighted by molar-refractivity contribution is 0.0361. The van der Waals surface area contributed by atoms with E-state index in [2.05, 4.69) is 9.80 Å². The van der Waals surface area contributed by atoms with E-state index in [4.69, 9.17) is 9.84 Å². The molecule has 0 aromatic heterocycles. The number of methoxy groups -OCH3 is 1. The highest BCUT2D eigenvalue weighted by Gasteiger charge is 2.30. The normalized spacial score (nSPS) is 22.1. The number of hydrogen-bond donors (Lipinski definition) is 2. The summed E-state index contributed by atoms with van der Waals surface area (Å²) in [5.41, 5.74) is 0.741. The van der Waals surface area contributed by atoms with Crippen LogP contribution in [0.1, 0.15) is 31.2 Å². The first-order valence-electron chi connectivity index (χ1n) is 10.1. The minimum Gasteiger partial charge on any atom is -0.497 e. The van der Waals surface area contributed by atoms with Gasteiger partial charge in [-0.25, -0.2) is 4.39 Å². The third-order valence-corrected chi connectivity index (χ3v) is 6.27. The number of aliphatic hydroxyl groups excluding tert-OH is 2. The highest BCUT2D eigenvalue weighted by Crippen LogP contribution is 2.33. The topological polar surface area (TPSA) is 56.2 Å². The van der Waals surface area contributed by atoms with Crippen LogP contribution in [-0.4, -0.2) is 72.6 Å². The summed E-state index contributed by atoms with van der Waals surface area (Å²) in [5.74, 6) is 1.89. The Kier molecular flexibility index (Phi) is 7.47. The number of rotatable bonds is 7. The van der Waals surface area contributed by atoms with Crippen LogP contribution < -0.4 is 4.74 Å². The van der Waals surface area contributed by atoms with Crippen molar-refractivity contribution in [2.45, 2.75) is 38.3 Å². The Bertz CT molecular complexity index is 585. The summed E-state index contributed by atoms with van der Waals surface area (Å²) < 4.78 is 19.2. The molecule has 0 amide bonds. The van der Waals surface area contributed by atoms with Gasteiger partial charge in [-0.1, -0.05) is 6.07 Å². The van der Waals surface area contributed by atoms with Crippen molar-refractivity contribution in [3.05, 3.63) is 29.6 Å². The fourth-order valence-corrected chi connectivity index (χ4v) is 4.57. The zero-order valence-corrected chi connectivity index (χ0v) is 16.3. The van der Waals surface area contributed by atoms with Crippen molar-refractivity contribution in [2.75, 3.05) is 46.4 Å². The molecule has 0 aliphatic carbocycles. The maximum atomic E-state index is 14.2. The molecule has 2 N–H and O–H groups in total. The Balaban J connectivity index is 1.42. The average Bonchev–Trinajstić information content (AvgIpc) is 2.70. The van der Waals surface area contributed by atoms with Crippen LogP contribution in [0, 0.1) is 17.7 Å². The van der Waals surface area contributed by atoms with Gasteiger partial charge in [-0.2, -0.15) is 0 Å². The summed E-state index contributed by atoms with van der Waals surface area (Å²) in [7, 11) is 1.55. The van der Waals surface area contributed by atoms with Crippen LogP contribution in [0.3, 0.4) is 0 Å². The highest BCUT2D eigenvalue weighted by molar-refractivity contribution is 5.28. The molecule has 2 aliphatic heterocycles. The lowest BCUT2D eigenvalue weighted by Gasteiger charge is -2.40. The quantitative estimate of drug-likeness (QED) is 0.759. The van der Waals surface area contributed by atoms with Gasteiger partial charge in [-0.3, -0.25) is 4.90 Å². The monoisotopic (exact) mass is 380 g/mol. The molecule has 27 heavy (non-hydrogen) atoms. The molecule has 152 valence electrons. The van der Waals surface area contributed by atoms with E-state index in [1.54, 1.807) is 7.11 Å². The Morgan fingerprint density at radius 1 is 1.07 bits per heavy atom. The van der Waals surface area contributed by atoms with Gasteiger partial charge in [-0.05, 0) is 69.8 Å². The zero-order chi connectivity index (χ0) is 19.2. The number of ether oxygens (including phenoxy) is 1. The van der Waals surface area contributed by atoms with Gasteiger partial charge in [0.05, 0.1) is 19.8 Å². The maximum Gasteiger partial charge on any atom is 0.131 e. The summed E-state index contributed by atoms with van der Waals surface area (Å²) in [5, 5.41) is 18.6. The van der Waals surface area contributed by atoms with Crippen molar-refractivity contribution >= 4 is 0 Å². The first-order chi connectivity index (χ1) is 13.1. The van der Waals surface area contributed by atoms with Crippen LogP contribution >= 0.6 is 0 Å². The first kappa shape index (κ1) is 20.5. The van der Waals surface area contributed by atoms with Gasteiger partial charge in [0, 0.05) is 24.7 Å². The molecule has 6 heteroatoms. The van der Waals surface area contributed by atoms with E-state index >= 15 is 0 Å². The fourth-order valence-electron chi connectivity index (χ4n) is 4.57. The van der Waals surface area contributed by atoms with Gasteiger partial charge in [0.25, 0.3) is 0 Å². The predicted octanol–water partition coefficient (Wildman–Crippen LogP) is 2.11. The largest absolute Gasteiger partial charge is 0.497 e. The molecule has 2 aliphatic rings. The second kappa shape index (κ2) is 9.82. The van der Waals surface area contributed by atoms with Crippen LogP contribution in [0.25, 0.3) is 0 Å². The standard InChI is InChI=1S/C21H33FN2O3/c1-27-20-3-2-18(21(22)12-20)13-23-8-4-16(5-9-23)17-6-10-24(11-7-17)14-19(26)15-25/h2-3,12,16-17,19,25-26H,4-11,13-15H2,1H3. The van der Waals surface area contributed by atoms with Crippen LogP contribution in [-0.2, 0) is 6.54 Å². The van der Waals surface area contributed by atoms with Crippen LogP contribution in [0.2, 0.25) is 0 Å². The van der Waals surface area contributed by atoms with E-state index in [0.717, 1.165) is 43.6 Å². The number of aliphatic hydroxyl groups is 2. The summed E-state index contributed by atoms with van der Waals surface area (Å²) in [6.07, 6.45) is 4.10. The van der Waals surface area contributed by atoms with E-state index in [1.807, 2.05) is 12.1 Å². The Labute approximate surface area is 161 Å². The van der Waals surface area contributed by atoms with E-state index in [0.29, 0.717) is 18.8 Å². The van der Waals surface area contributed by atoms with Gasteiger partial charge in [0.1, 0.15) is 11.6 Å². The molecule has 3 rings (SSSR count).